The summed E-state index contributed by atoms with van der Waals surface area (Å²) in [7, 11) is 0. The smallest absolute Gasteiger partial charge is 0.151 e. The summed E-state index contributed by atoms with van der Waals surface area (Å²) in [5, 5.41) is 13.6. The van der Waals surface area contributed by atoms with E-state index in [1.807, 2.05) is 13.8 Å². The SMILES string of the molecule is CCc1nc(CC)n(-c2c(F)cccc2CO)n1. The summed E-state index contributed by atoms with van der Waals surface area (Å²) in [6.07, 6.45) is 1.36. The highest BCUT2D eigenvalue weighted by atomic mass is 19.1. The van der Waals surface area contributed by atoms with Crippen molar-refractivity contribution in [3.05, 3.63) is 41.2 Å². The fourth-order valence-corrected chi connectivity index (χ4v) is 1.87. The van der Waals surface area contributed by atoms with Gasteiger partial charge in [0.15, 0.2) is 5.82 Å². The Labute approximate surface area is 105 Å². The Hall–Kier alpha value is -1.75. The van der Waals surface area contributed by atoms with Crippen LogP contribution in [0, 0.1) is 5.82 Å². The van der Waals surface area contributed by atoms with E-state index in [1.54, 1.807) is 12.1 Å². The number of benzene rings is 1. The van der Waals surface area contributed by atoms with Gasteiger partial charge in [-0.2, -0.15) is 5.10 Å². The summed E-state index contributed by atoms with van der Waals surface area (Å²) in [6, 6.07) is 4.63. The summed E-state index contributed by atoms with van der Waals surface area (Å²) < 4.78 is 15.5. The van der Waals surface area contributed by atoms with Crippen LogP contribution in [0.1, 0.15) is 31.1 Å². The highest BCUT2D eigenvalue weighted by Crippen LogP contribution is 2.20. The van der Waals surface area contributed by atoms with Crippen LogP contribution in [0.2, 0.25) is 0 Å². The number of aryl methyl sites for hydroxylation is 2. The van der Waals surface area contributed by atoms with Crippen molar-refractivity contribution in [2.45, 2.75) is 33.3 Å². The number of halogens is 1. The van der Waals surface area contributed by atoms with Gasteiger partial charge in [0.1, 0.15) is 17.3 Å². The number of para-hydroxylation sites is 1. The molecule has 1 aromatic carbocycles. The van der Waals surface area contributed by atoms with Crippen molar-refractivity contribution in [1.82, 2.24) is 14.8 Å². The van der Waals surface area contributed by atoms with Gasteiger partial charge in [-0.05, 0) is 6.07 Å². The molecule has 0 aliphatic carbocycles. The molecule has 5 heteroatoms. The molecule has 0 radical (unpaired) electrons. The third kappa shape index (κ3) is 2.13. The van der Waals surface area contributed by atoms with Crippen molar-refractivity contribution in [3.63, 3.8) is 0 Å². The number of aliphatic hydroxyl groups excluding tert-OH is 1. The fourth-order valence-electron chi connectivity index (χ4n) is 1.87. The Morgan fingerprint density at radius 2 is 2.06 bits per heavy atom. The Morgan fingerprint density at radius 1 is 1.28 bits per heavy atom. The Kier molecular flexibility index (Phi) is 3.72. The van der Waals surface area contributed by atoms with Crippen LogP contribution in [-0.4, -0.2) is 19.9 Å². The van der Waals surface area contributed by atoms with Gasteiger partial charge in [0.2, 0.25) is 0 Å². The zero-order valence-corrected chi connectivity index (χ0v) is 10.5. The predicted molar refractivity (Wildman–Crippen MR) is 66.0 cm³/mol. The topological polar surface area (TPSA) is 50.9 Å². The van der Waals surface area contributed by atoms with Crippen molar-refractivity contribution >= 4 is 0 Å². The standard InChI is InChI=1S/C13H16FN3O/c1-3-11-15-12(4-2)17(16-11)13-9(8-18)6-5-7-10(13)14/h5-7,18H,3-4,8H2,1-2H3. The van der Waals surface area contributed by atoms with Crippen LogP contribution in [-0.2, 0) is 19.4 Å². The number of aromatic nitrogens is 3. The third-order valence-electron chi connectivity index (χ3n) is 2.80. The van der Waals surface area contributed by atoms with Crippen LogP contribution in [0.3, 0.4) is 0 Å². The highest BCUT2D eigenvalue weighted by Gasteiger charge is 2.16. The molecule has 1 heterocycles. The van der Waals surface area contributed by atoms with E-state index in [4.69, 9.17) is 0 Å². The van der Waals surface area contributed by atoms with Gasteiger partial charge in [-0.15, -0.1) is 0 Å². The van der Waals surface area contributed by atoms with E-state index in [1.165, 1.54) is 10.7 Å². The lowest BCUT2D eigenvalue weighted by atomic mass is 10.2. The molecule has 0 unspecified atom stereocenters. The maximum absolute atomic E-state index is 14.0. The van der Waals surface area contributed by atoms with Crippen LogP contribution in [0.5, 0.6) is 0 Å². The van der Waals surface area contributed by atoms with Crippen molar-refractivity contribution in [3.8, 4) is 5.69 Å². The number of hydrogen-bond acceptors (Lipinski definition) is 3. The Bertz CT molecular complexity index is 551. The zero-order chi connectivity index (χ0) is 13.1. The maximum atomic E-state index is 14.0. The van der Waals surface area contributed by atoms with Crippen molar-refractivity contribution in [2.24, 2.45) is 0 Å². The summed E-state index contributed by atoms with van der Waals surface area (Å²) in [5.74, 6) is 0.981. The number of aliphatic hydroxyl groups is 1. The molecule has 18 heavy (non-hydrogen) atoms. The molecule has 0 saturated carbocycles. The van der Waals surface area contributed by atoms with Gasteiger partial charge in [0.05, 0.1) is 6.61 Å². The normalized spacial score (nSPS) is 10.9. The van der Waals surface area contributed by atoms with E-state index < -0.39 is 5.82 Å². The second-order valence-corrected chi connectivity index (χ2v) is 3.97. The van der Waals surface area contributed by atoms with E-state index in [9.17, 15) is 9.50 Å². The first-order valence-corrected chi connectivity index (χ1v) is 6.04. The second-order valence-electron chi connectivity index (χ2n) is 3.97. The predicted octanol–water partition coefficient (Wildman–Crippen LogP) is 2.02. The summed E-state index contributed by atoms with van der Waals surface area (Å²) in [6.45, 7) is 3.67. The molecule has 2 rings (SSSR count). The molecule has 4 nitrogen and oxygen atoms in total. The maximum Gasteiger partial charge on any atom is 0.151 e. The molecule has 0 atom stereocenters. The van der Waals surface area contributed by atoms with Gasteiger partial charge in [-0.1, -0.05) is 26.0 Å². The molecule has 0 bridgehead atoms. The zero-order valence-electron chi connectivity index (χ0n) is 10.5. The van der Waals surface area contributed by atoms with Crippen molar-refractivity contribution < 1.29 is 9.50 Å². The Balaban J connectivity index is 2.64. The molecule has 1 N–H and O–H groups in total. The molecule has 0 amide bonds. The molecule has 0 aliphatic heterocycles. The van der Waals surface area contributed by atoms with Gasteiger partial charge in [-0.3, -0.25) is 0 Å². The van der Waals surface area contributed by atoms with Crippen LogP contribution >= 0.6 is 0 Å². The van der Waals surface area contributed by atoms with E-state index in [-0.39, 0.29) is 6.61 Å². The summed E-state index contributed by atoms with van der Waals surface area (Å²) >= 11 is 0. The van der Waals surface area contributed by atoms with Crippen LogP contribution < -0.4 is 0 Å². The van der Waals surface area contributed by atoms with Gasteiger partial charge in [0.25, 0.3) is 0 Å². The first-order chi connectivity index (χ1) is 8.71. The van der Waals surface area contributed by atoms with Crippen LogP contribution in [0.15, 0.2) is 18.2 Å². The third-order valence-corrected chi connectivity index (χ3v) is 2.80. The molecule has 0 saturated heterocycles. The monoisotopic (exact) mass is 249 g/mol. The minimum Gasteiger partial charge on any atom is -0.392 e. The van der Waals surface area contributed by atoms with E-state index >= 15 is 0 Å². The van der Waals surface area contributed by atoms with Gasteiger partial charge >= 0.3 is 0 Å². The molecule has 1 aromatic heterocycles. The first-order valence-electron chi connectivity index (χ1n) is 6.04. The molecule has 2 aromatic rings. The van der Waals surface area contributed by atoms with Crippen LogP contribution in [0.25, 0.3) is 5.69 Å². The van der Waals surface area contributed by atoms with Gasteiger partial charge in [-0.25, -0.2) is 14.1 Å². The average molecular weight is 249 g/mol. The number of hydrogen-bond donors (Lipinski definition) is 1. The molecular weight excluding hydrogens is 233 g/mol. The average Bonchev–Trinajstić information content (AvgIpc) is 2.81. The number of rotatable bonds is 4. The van der Waals surface area contributed by atoms with Crippen molar-refractivity contribution in [1.29, 1.82) is 0 Å². The molecule has 0 aliphatic rings. The molecule has 96 valence electrons. The van der Waals surface area contributed by atoms with Gasteiger partial charge < -0.3 is 5.11 Å². The molecule has 0 spiro atoms. The quantitative estimate of drug-likeness (QED) is 0.902. The highest BCUT2D eigenvalue weighted by molar-refractivity contribution is 5.42. The lowest BCUT2D eigenvalue weighted by Crippen LogP contribution is -2.08. The molecule has 0 fully saturated rings. The van der Waals surface area contributed by atoms with E-state index in [2.05, 4.69) is 10.1 Å². The van der Waals surface area contributed by atoms with Crippen LogP contribution in [0.4, 0.5) is 4.39 Å². The Morgan fingerprint density at radius 3 is 2.67 bits per heavy atom. The lowest BCUT2D eigenvalue weighted by Gasteiger charge is -2.10. The fraction of sp³-hybridized carbons (Fsp3) is 0.385. The summed E-state index contributed by atoms with van der Waals surface area (Å²) in [5.41, 5.74) is 0.807. The largest absolute Gasteiger partial charge is 0.392 e. The number of nitrogens with zero attached hydrogens (tertiary/aromatic N) is 3. The van der Waals surface area contributed by atoms with Crippen molar-refractivity contribution in [2.75, 3.05) is 0 Å². The molecular formula is C13H16FN3O. The van der Waals surface area contributed by atoms with Gasteiger partial charge in [0, 0.05) is 18.4 Å². The minimum absolute atomic E-state index is 0.225. The summed E-state index contributed by atoms with van der Waals surface area (Å²) in [4.78, 5) is 4.34. The lowest BCUT2D eigenvalue weighted by molar-refractivity contribution is 0.280. The minimum atomic E-state index is -0.399. The second kappa shape index (κ2) is 5.27. The first kappa shape index (κ1) is 12.7. The van der Waals surface area contributed by atoms with E-state index in [0.29, 0.717) is 35.7 Å². The van der Waals surface area contributed by atoms with E-state index in [0.717, 1.165) is 0 Å².